The summed E-state index contributed by atoms with van der Waals surface area (Å²) in [5.74, 6) is 0.391. The van der Waals surface area contributed by atoms with Gasteiger partial charge in [0.2, 0.25) is 5.95 Å². The molecule has 1 aromatic carbocycles. The van der Waals surface area contributed by atoms with E-state index in [1.807, 2.05) is 13.8 Å². The number of nitro groups is 1. The Morgan fingerprint density at radius 1 is 1.08 bits per heavy atom. The lowest BCUT2D eigenvalue weighted by Gasteiger charge is -2.13. The maximum atomic E-state index is 10.7. The van der Waals surface area contributed by atoms with Gasteiger partial charge in [0.1, 0.15) is 5.82 Å². The van der Waals surface area contributed by atoms with E-state index in [0.717, 1.165) is 22.4 Å². The first kappa shape index (κ1) is 18.3. The maximum Gasteiger partial charge on any atom is 0.269 e. The topological polar surface area (TPSA) is 134 Å². The molecule has 0 saturated carbocycles. The smallest absolute Gasteiger partial charge is 0.269 e. The zero-order valence-corrected chi connectivity index (χ0v) is 14.5. The highest BCUT2D eigenvalue weighted by atomic mass is 35.5. The molecule has 130 valence electrons. The minimum atomic E-state index is -0.416. The fourth-order valence-electron chi connectivity index (χ4n) is 2.77. The van der Waals surface area contributed by atoms with E-state index in [1.165, 1.54) is 12.1 Å². The average Bonchev–Trinajstić information content (AvgIpc) is 2.50. The zero-order chi connectivity index (χ0) is 17.4. The van der Waals surface area contributed by atoms with Crippen LogP contribution in [0.3, 0.4) is 0 Å². The van der Waals surface area contributed by atoms with Crippen LogP contribution in [0.2, 0.25) is 0 Å². The molecule has 0 spiro atoms. The first-order chi connectivity index (χ1) is 11.4. The molecular weight excluding hydrogens is 344 g/mol. The normalized spacial score (nSPS) is 10.5. The predicted molar refractivity (Wildman–Crippen MR) is 98.8 cm³/mol. The lowest BCUT2D eigenvalue weighted by Crippen LogP contribution is -2.07. The van der Waals surface area contributed by atoms with Crippen LogP contribution in [0.1, 0.15) is 22.4 Å². The quantitative estimate of drug-likeness (QED) is 0.541. The van der Waals surface area contributed by atoms with Crippen molar-refractivity contribution in [2.24, 2.45) is 0 Å². The Morgan fingerprint density at radius 2 is 1.72 bits per heavy atom. The molecule has 2 heterocycles. The SMILES string of the molecule is Cc1nc2nc(N)nc(N)c2c(C)c1Cc1ccc([N+](=O)[O-])cc1.Cl. The number of nitro benzene ring substituents is 1. The number of non-ortho nitro benzene ring substituents is 1. The highest BCUT2D eigenvalue weighted by molar-refractivity contribution is 5.90. The number of benzene rings is 1. The number of fused-ring (bicyclic) bond motifs is 1. The van der Waals surface area contributed by atoms with Crippen molar-refractivity contribution in [2.75, 3.05) is 11.5 Å². The summed E-state index contributed by atoms with van der Waals surface area (Å²) < 4.78 is 0. The Hall–Kier alpha value is -3.00. The van der Waals surface area contributed by atoms with Gasteiger partial charge in [-0.15, -0.1) is 12.4 Å². The number of hydrogen-bond acceptors (Lipinski definition) is 7. The fourth-order valence-corrected chi connectivity index (χ4v) is 2.77. The summed E-state index contributed by atoms with van der Waals surface area (Å²) in [6, 6.07) is 6.47. The first-order valence-electron chi connectivity index (χ1n) is 7.29. The molecule has 0 amide bonds. The Kier molecular flexibility index (Phi) is 5.03. The van der Waals surface area contributed by atoms with Crippen LogP contribution in [-0.4, -0.2) is 19.9 Å². The van der Waals surface area contributed by atoms with Crippen LogP contribution in [0.5, 0.6) is 0 Å². The van der Waals surface area contributed by atoms with Crippen LogP contribution in [0.15, 0.2) is 24.3 Å². The number of pyridine rings is 1. The Balaban J connectivity index is 0.00000225. The van der Waals surface area contributed by atoms with Gasteiger partial charge in [-0.05, 0) is 37.0 Å². The molecule has 9 heteroatoms. The summed E-state index contributed by atoms with van der Waals surface area (Å²) in [6.45, 7) is 3.83. The van der Waals surface area contributed by atoms with E-state index in [4.69, 9.17) is 11.5 Å². The highest BCUT2D eigenvalue weighted by Gasteiger charge is 2.15. The van der Waals surface area contributed by atoms with E-state index in [1.54, 1.807) is 12.1 Å². The number of aryl methyl sites for hydroxylation is 2. The molecule has 2 aromatic heterocycles. The van der Waals surface area contributed by atoms with Crippen molar-refractivity contribution in [1.82, 2.24) is 15.0 Å². The number of halogens is 1. The summed E-state index contributed by atoms with van der Waals surface area (Å²) in [7, 11) is 0. The number of nitrogen functional groups attached to an aromatic ring is 2. The predicted octanol–water partition coefficient (Wildman–Crippen LogP) is 2.73. The minimum absolute atomic E-state index is 0. The van der Waals surface area contributed by atoms with E-state index < -0.39 is 4.92 Å². The first-order valence-corrected chi connectivity index (χ1v) is 7.29. The highest BCUT2D eigenvalue weighted by Crippen LogP contribution is 2.28. The molecule has 0 saturated heterocycles. The van der Waals surface area contributed by atoms with Gasteiger partial charge in [-0.25, -0.2) is 4.98 Å². The third-order valence-corrected chi connectivity index (χ3v) is 4.00. The second kappa shape index (κ2) is 6.86. The zero-order valence-electron chi connectivity index (χ0n) is 13.7. The van der Waals surface area contributed by atoms with Crippen molar-refractivity contribution in [3.63, 3.8) is 0 Å². The van der Waals surface area contributed by atoms with Crippen LogP contribution in [0, 0.1) is 24.0 Å². The molecule has 0 fully saturated rings. The van der Waals surface area contributed by atoms with Crippen molar-refractivity contribution >= 4 is 40.9 Å². The number of rotatable bonds is 3. The molecule has 0 aliphatic carbocycles. The molecule has 3 aromatic rings. The van der Waals surface area contributed by atoms with Gasteiger partial charge in [-0.2, -0.15) is 9.97 Å². The summed E-state index contributed by atoms with van der Waals surface area (Å²) in [6.07, 6.45) is 0.586. The number of nitrogens with two attached hydrogens (primary N) is 2. The summed E-state index contributed by atoms with van der Waals surface area (Å²) in [5.41, 5.74) is 15.8. The lowest BCUT2D eigenvalue weighted by molar-refractivity contribution is -0.384. The average molecular weight is 361 g/mol. The van der Waals surface area contributed by atoms with Crippen LogP contribution in [0.4, 0.5) is 17.5 Å². The van der Waals surface area contributed by atoms with E-state index in [2.05, 4.69) is 15.0 Å². The van der Waals surface area contributed by atoms with Crippen molar-refractivity contribution in [3.8, 4) is 0 Å². The van der Waals surface area contributed by atoms with E-state index >= 15 is 0 Å². The molecular formula is C16H17ClN6O2. The number of nitrogens with zero attached hydrogens (tertiary/aromatic N) is 4. The summed E-state index contributed by atoms with van der Waals surface area (Å²) in [5, 5.41) is 11.4. The second-order valence-corrected chi connectivity index (χ2v) is 5.57. The van der Waals surface area contributed by atoms with Gasteiger partial charge in [-0.1, -0.05) is 12.1 Å². The number of hydrogen-bond donors (Lipinski definition) is 2. The molecule has 25 heavy (non-hydrogen) atoms. The van der Waals surface area contributed by atoms with Gasteiger partial charge in [0.05, 0.1) is 10.3 Å². The Bertz CT molecular complexity index is 959. The molecule has 8 nitrogen and oxygen atoms in total. The van der Waals surface area contributed by atoms with Gasteiger partial charge in [-0.3, -0.25) is 10.1 Å². The number of anilines is 2. The third kappa shape index (κ3) is 3.43. The van der Waals surface area contributed by atoms with Crippen molar-refractivity contribution in [2.45, 2.75) is 20.3 Å². The van der Waals surface area contributed by atoms with Crippen LogP contribution in [-0.2, 0) is 6.42 Å². The van der Waals surface area contributed by atoms with E-state index in [0.29, 0.717) is 23.3 Å². The largest absolute Gasteiger partial charge is 0.383 e. The van der Waals surface area contributed by atoms with Crippen molar-refractivity contribution in [1.29, 1.82) is 0 Å². The molecule has 3 rings (SSSR count). The Morgan fingerprint density at radius 3 is 2.32 bits per heavy atom. The molecule has 0 aliphatic rings. The van der Waals surface area contributed by atoms with Crippen LogP contribution in [0.25, 0.3) is 11.0 Å². The minimum Gasteiger partial charge on any atom is -0.383 e. The molecule has 0 radical (unpaired) electrons. The van der Waals surface area contributed by atoms with Gasteiger partial charge in [0, 0.05) is 17.8 Å². The second-order valence-electron chi connectivity index (χ2n) is 5.57. The van der Waals surface area contributed by atoms with Gasteiger partial charge in [0.15, 0.2) is 5.65 Å². The molecule has 0 bridgehead atoms. The van der Waals surface area contributed by atoms with Gasteiger partial charge >= 0.3 is 0 Å². The molecule has 4 N–H and O–H groups in total. The summed E-state index contributed by atoms with van der Waals surface area (Å²) >= 11 is 0. The van der Waals surface area contributed by atoms with Crippen molar-refractivity contribution in [3.05, 3.63) is 56.8 Å². The Labute approximate surface area is 149 Å². The lowest BCUT2D eigenvalue weighted by atomic mass is 9.97. The van der Waals surface area contributed by atoms with E-state index in [9.17, 15) is 10.1 Å². The van der Waals surface area contributed by atoms with E-state index in [-0.39, 0.29) is 24.0 Å². The van der Waals surface area contributed by atoms with Gasteiger partial charge in [0.25, 0.3) is 5.69 Å². The standard InChI is InChI=1S/C16H16N6O2.ClH/c1-8-12(7-10-3-5-11(6-4-10)22(23)24)9(2)19-15-13(8)14(17)20-16(18)21-15;/h3-6H,7H2,1-2H3,(H4,17,18,19,20,21);1H. The molecule has 0 aliphatic heterocycles. The maximum absolute atomic E-state index is 10.7. The molecule has 0 unspecified atom stereocenters. The fraction of sp³-hybridized carbons (Fsp3) is 0.188. The monoisotopic (exact) mass is 360 g/mol. The third-order valence-electron chi connectivity index (χ3n) is 4.00. The van der Waals surface area contributed by atoms with Crippen LogP contribution >= 0.6 is 12.4 Å². The van der Waals surface area contributed by atoms with Crippen molar-refractivity contribution < 1.29 is 4.92 Å². The summed E-state index contributed by atoms with van der Waals surface area (Å²) in [4.78, 5) is 23.0. The molecule has 0 atom stereocenters. The number of aromatic nitrogens is 3. The van der Waals surface area contributed by atoms with Crippen LogP contribution < -0.4 is 11.5 Å². The van der Waals surface area contributed by atoms with Gasteiger partial charge < -0.3 is 11.5 Å².